The SMILES string of the molecule is O=C(O)CN1CCC(C(=O)NCCCCc2ccc3c(n2)NCCC3)CC1=O. The quantitative estimate of drug-likeness (QED) is 0.577. The third-order valence-corrected chi connectivity index (χ3v) is 5.33. The van der Waals surface area contributed by atoms with E-state index in [9.17, 15) is 14.4 Å². The number of likely N-dealkylation sites (tertiary alicyclic amines) is 1. The summed E-state index contributed by atoms with van der Waals surface area (Å²) in [5.41, 5.74) is 2.35. The first-order chi connectivity index (χ1) is 13.5. The number of nitrogens with zero attached hydrogens (tertiary/aromatic N) is 2. The molecule has 1 fully saturated rings. The standard InChI is InChI=1S/C20H28N4O4/c25-17-12-15(8-11-24(17)13-18(26)27)20(28)22-9-2-1-5-16-7-6-14-4-3-10-21-19(14)23-16/h6-7,15H,1-5,8-13H2,(H,21,23)(H,22,28)(H,26,27). The molecule has 0 saturated carbocycles. The number of carboxylic acids is 1. The molecule has 3 heterocycles. The van der Waals surface area contributed by atoms with E-state index in [4.69, 9.17) is 5.11 Å². The number of amides is 2. The molecule has 152 valence electrons. The molecule has 0 spiro atoms. The van der Waals surface area contributed by atoms with E-state index in [-0.39, 0.29) is 30.7 Å². The predicted octanol–water partition coefficient (Wildman–Crippen LogP) is 1.20. The van der Waals surface area contributed by atoms with Gasteiger partial charge in [-0.3, -0.25) is 14.4 Å². The van der Waals surface area contributed by atoms with Crippen LogP contribution in [0.2, 0.25) is 0 Å². The van der Waals surface area contributed by atoms with Crippen molar-refractivity contribution in [3.63, 3.8) is 0 Å². The van der Waals surface area contributed by atoms with Gasteiger partial charge in [0.25, 0.3) is 0 Å². The summed E-state index contributed by atoms with van der Waals surface area (Å²) in [4.78, 5) is 40.9. The van der Waals surface area contributed by atoms with E-state index in [0.29, 0.717) is 19.5 Å². The zero-order valence-electron chi connectivity index (χ0n) is 16.1. The van der Waals surface area contributed by atoms with Crippen molar-refractivity contribution in [2.45, 2.75) is 44.9 Å². The Morgan fingerprint density at radius 1 is 1.32 bits per heavy atom. The van der Waals surface area contributed by atoms with Crippen LogP contribution < -0.4 is 10.6 Å². The van der Waals surface area contributed by atoms with Gasteiger partial charge in [0.2, 0.25) is 11.8 Å². The van der Waals surface area contributed by atoms with E-state index < -0.39 is 5.97 Å². The van der Waals surface area contributed by atoms with Crippen LogP contribution in [0.5, 0.6) is 0 Å². The first-order valence-electron chi connectivity index (χ1n) is 10.0. The number of pyridine rings is 1. The van der Waals surface area contributed by atoms with Crippen molar-refractivity contribution >= 4 is 23.6 Å². The van der Waals surface area contributed by atoms with Gasteiger partial charge in [-0.05, 0) is 50.2 Å². The number of carbonyl (C=O) groups is 3. The minimum atomic E-state index is -1.03. The Morgan fingerprint density at radius 2 is 2.18 bits per heavy atom. The van der Waals surface area contributed by atoms with E-state index >= 15 is 0 Å². The van der Waals surface area contributed by atoms with E-state index in [1.54, 1.807) is 0 Å². The number of anilines is 1. The van der Waals surface area contributed by atoms with Crippen molar-refractivity contribution in [2.75, 3.05) is 31.5 Å². The molecule has 2 aliphatic rings. The highest BCUT2D eigenvalue weighted by Gasteiger charge is 2.30. The molecule has 0 aliphatic carbocycles. The summed E-state index contributed by atoms with van der Waals surface area (Å²) in [5.74, 6) is -0.748. The minimum Gasteiger partial charge on any atom is -0.480 e. The van der Waals surface area contributed by atoms with Crippen LogP contribution in [-0.4, -0.2) is 59.0 Å². The number of rotatable bonds is 8. The Hall–Kier alpha value is -2.64. The van der Waals surface area contributed by atoms with E-state index in [1.165, 1.54) is 10.5 Å². The van der Waals surface area contributed by atoms with Gasteiger partial charge in [0, 0.05) is 37.7 Å². The molecule has 1 atom stereocenters. The normalized spacial score (nSPS) is 18.9. The summed E-state index contributed by atoms with van der Waals surface area (Å²) in [6, 6.07) is 4.24. The molecule has 1 unspecified atom stereocenters. The van der Waals surface area contributed by atoms with Crippen LogP contribution in [0.15, 0.2) is 12.1 Å². The van der Waals surface area contributed by atoms with E-state index in [2.05, 4.69) is 27.8 Å². The molecule has 1 aromatic heterocycles. The Balaban J connectivity index is 1.34. The fourth-order valence-electron chi connectivity index (χ4n) is 3.73. The second-order valence-electron chi connectivity index (χ2n) is 7.49. The molecule has 0 aromatic carbocycles. The number of piperidine rings is 1. The lowest BCUT2D eigenvalue weighted by atomic mass is 9.95. The smallest absolute Gasteiger partial charge is 0.323 e. The zero-order valence-corrected chi connectivity index (χ0v) is 16.1. The van der Waals surface area contributed by atoms with Crippen LogP contribution >= 0.6 is 0 Å². The number of fused-ring (bicyclic) bond motifs is 1. The highest BCUT2D eigenvalue weighted by atomic mass is 16.4. The van der Waals surface area contributed by atoms with Gasteiger partial charge in [-0.2, -0.15) is 0 Å². The fourth-order valence-corrected chi connectivity index (χ4v) is 3.73. The van der Waals surface area contributed by atoms with Crippen molar-refractivity contribution in [1.29, 1.82) is 0 Å². The number of carbonyl (C=O) groups excluding carboxylic acids is 2. The molecular weight excluding hydrogens is 360 g/mol. The van der Waals surface area contributed by atoms with Gasteiger partial charge in [0.15, 0.2) is 0 Å². The largest absolute Gasteiger partial charge is 0.480 e. The second kappa shape index (κ2) is 9.52. The molecule has 28 heavy (non-hydrogen) atoms. The average molecular weight is 388 g/mol. The summed E-state index contributed by atoms with van der Waals surface area (Å²) in [5, 5.41) is 15.0. The number of aryl methyl sites for hydroxylation is 2. The number of carboxylic acid groups (broad SMARTS) is 1. The third kappa shape index (κ3) is 5.43. The van der Waals surface area contributed by atoms with Gasteiger partial charge >= 0.3 is 5.97 Å². The molecule has 0 bridgehead atoms. The number of hydrogen-bond donors (Lipinski definition) is 3. The van der Waals surface area contributed by atoms with Crippen molar-refractivity contribution < 1.29 is 19.5 Å². The Labute approximate surface area is 164 Å². The number of unbranched alkanes of at least 4 members (excludes halogenated alkanes) is 1. The average Bonchev–Trinajstić information content (AvgIpc) is 2.68. The predicted molar refractivity (Wildman–Crippen MR) is 104 cm³/mol. The molecule has 8 heteroatoms. The van der Waals surface area contributed by atoms with Gasteiger partial charge in [0.05, 0.1) is 0 Å². The van der Waals surface area contributed by atoms with Crippen LogP contribution in [0.4, 0.5) is 5.82 Å². The Bertz CT molecular complexity index is 737. The maximum atomic E-state index is 12.2. The molecule has 0 radical (unpaired) electrons. The Morgan fingerprint density at radius 3 is 2.96 bits per heavy atom. The van der Waals surface area contributed by atoms with Crippen molar-refractivity contribution in [3.05, 3.63) is 23.4 Å². The topological polar surface area (TPSA) is 112 Å². The molecule has 2 amide bonds. The molecule has 8 nitrogen and oxygen atoms in total. The van der Waals surface area contributed by atoms with Crippen molar-refractivity contribution in [1.82, 2.24) is 15.2 Å². The van der Waals surface area contributed by atoms with Crippen LogP contribution in [0.3, 0.4) is 0 Å². The maximum Gasteiger partial charge on any atom is 0.323 e. The molecule has 1 aromatic rings. The van der Waals surface area contributed by atoms with Crippen LogP contribution in [-0.2, 0) is 27.2 Å². The van der Waals surface area contributed by atoms with Gasteiger partial charge in [0.1, 0.15) is 12.4 Å². The van der Waals surface area contributed by atoms with Gasteiger partial charge in [-0.1, -0.05) is 6.07 Å². The number of aliphatic carboxylic acids is 1. The molecule has 2 aliphatic heterocycles. The van der Waals surface area contributed by atoms with Crippen LogP contribution in [0, 0.1) is 5.92 Å². The molecular formula is C20H28N4O4. The second-order valence-corrected chi connectivity index (χ2v) is 7.49. The lowest BCUT2D eigenvalue weighted by Gasteiger charge is -2.29. The monoisotopic (exact) mass is 388 g/mol. The van der Waals surface area contributed by atoms with Crippen molar-refractivity contribution in [3.8, 4) is 0 Å². The summed E-state index contributed by atoms with van der Waals surface area (Å²) < 4.78 is 0. The molecule has 3 rings (SSSR count). The molecule has 3 N–H and O–H groups in total. The summed E-state index contributed by atoms with van der Waals surface area (Å²) in [7, 11) is 0. The van der Waals surface area contributed by atoms with E-state index in [1.807, 2.05) is 0 Å². The summed E-state index contributed by atoms with van der Waals surface area (Å²) >= 11 is 0. The van der Waals surface area contributed by atoms with Crippen molar-refractivity contribution in [2.24, 2.45) is 5.92 Å². The van der Waals surface area contributed by atoms with Crippen LogP contribution in [0.25, 0.3) is 0 Å². The van der Waals surface area contributed by atoms with Gasteiger partial charge in [-0.15, -0.1) is 0 Å². The minimum absolute atomic E-state index is 0.0885. The van der Waals surface area contributed by atoms with Crippen LogP contribution in [0.1, 0.15) is 43.4 Å². The first kappa shape index (κ1) is 20.1. The summed E-state index contributed by atoms with van der Waals surface area (Å²) in [6.45, 7) is 1.58. The lowest BCUT2D eigenvalue weighted by molar-refractivity contribution is -0.147. The Kier molecular flexibility index (Phi) is 6.84. The molecule has 1 saturated heterocycles. The van der Waals surface area contributed by atoms with Gasteiger partial charge in [-0.25, -0.2) is 4.98 Å². The highest BCUT2D eigenvalue weighted by Crippen LogP contribution is 2.20. The maximum absolute atomic E-state index is 12.2. The zero-order chi connectivity index (χ0) is 19.9. The first-order valence-corrected chi connectivity index (χ1v) is 10.0. The lowest BCUT2D eigenvalue weighted by Crippen LogP contribution is -2.45. The van der Waals surface area contributed by atoms with Gasteiger partial charge < -0.3 is 20.6 Å². The van der Waals surface area contributed by atoms with E-state index in [0.717, 1.165) is 50.2 Å². The summed E-state index contributed by atoms with van der Waals surface area (Å²) in [6.07, 6.45) is 5.49. The third-order valence-electron chi connectivity index (χ3n) is 5.33. The fraction of sp³-hybridized carbons (Fsp3) is 0.600. The number of aromatic nitrogens is 1. The highest BCUT2D eigenvalue weighted by molar-refractivity contribution is 5.88. The number of nitrogens with one attached hydrogen (secondary N) is 2. The number of hydrogen-bond acceptors (Lipinski definition) is 5.